The Kier molecular flexibility index (Phi) is 13.5. The van der Waals surface area contributed by atoms with Crippen molar-refractivity contribution < 1.29 is 28.4 Å². The van der Waals surface area contributed by atoms with Gasteiger partial charge >= 0.3 is 0 Å². The number of para-hydroxylation sites is 3. The molecule has 3 rings (SSSR count). The van der Waals surface area contributed by atoms with Crippen LogP contribution in [-0.4, -0.2) is 71.2 Å². The fourth-order valence-corrected chi connectivity index (χ4v) is 9.01. The fourth-order valence-electron chi connectivity index (χ4n) is 4.74. The molecule has 3 aromatic rings. The molecule has 3 aromatic carbocycles. The van der Waals surface area contributed by atoms with Crippen molar-refractivity contribution in [3.05, 3.63) is 54.6 Å². The van der Waals surface area contributed by atoms with E-state index in [1.807, 2.05) is 36.4 Å². The Hall–Kier alpha value is -2.89. The van der Waals surface area contributed by atoms with Crippen LogP contribution in [-0.2, 0) is 0 Å². The van der Waals surface area contributed by atoms with Crippen LogP contribution in [0.3, 0.4) is 0 Å². The van der Waals surface area contributed by atoms with E-state index >= 15 is 0 Å². The summed E-state index contributed by atoms with van der Waals surface area (Å²) in [5.41, 5.74) is 0. The third-order valence-electron chi connectivity index (χ3n) is 6.81. The molecule has 0 aliphatic carbocycles. The Morgan fingerprint density at radius 1 is 0.450 bits per heavy atom. The van der Waals surface area contributed by atoms with Crippen LogP contribution >= 0.6 is 0 Å². The van der Waals surface area contributed by atoms with Gasteiger partial charge in [-0.15, -0.1) is 0 Å². The highest BCUT2D eigenvalue weighted by atomic mass is 28.2. The van der Waals surface area contributed by atoms with Gasteiger partial charge in [0.2, 0.25) is 0 Å². The van der Waals surface area contributed by atoms with Gasteiger partial charge in [-0.05, 0) is 39.7 Å². The van der Waals surface area contributed by atoms with E-state index in [4.69, 9.17) is 28.4 Å². The zero-order valence-electron chi connectivity index (χ0n) is 24.5. The summed E-state index contributed by atoms with van der Waals surface area (Å²) >= 11 is 0. The van der Waals surface area contributed by atoms with E-state index in [1.165, 1.54) is 34.8 Å². The minimum absolute atomic E-state index is 0.636. The summed E-state index contributed by atoms with van der Waals surface area (Å²) in [6.45, 7) is 0. The van der Waals surface area contributed by atoms with Crippen molar-refractivity contribution in [3.8, 4) is 34.5 Å². The van der Waals surface area contributed by atoms with Gasteiger partial charge in [0.15, 0.2) is 34.5 Å². The van der Waals surface area contributed by atoms with Gasteiger partial charge < -0.3 is 28.4 Å². The lowest BCUT2D eigenvalue weighted by Gasteiger charge is -2.19. The normalized spacial score (nSPS) is 10.9. The predicted molar refractivity (Wildman–Crippen MR) is 167 cm³/mol. The van der Waals surface area contributed by atoms with Gasteiger partial charge in [-0.3, -0.25) is 0 Å². The maximum absolute atomic E-state index is 5.67. The zero-order valence-corrected chi connectivity index (χ0v) is 27.5. The van der Waals surface area contributed by atoms with Crippen molar-refractivity contribution in [2.24, 2.45) is 5.92 Å². The predicted octanol–water partition coefficient (Wildman–Crippen LogP) is 4.17. The maximum Gasteiger partial charge on any atom is 0.160 e. The van der Waals surface area contributed by atoms with Crippen molar-refractivity contribution in [2.45, 2.75) is 37.4 Å². The van der Waals surface area contributed by atoms with Crippen LogP contribution in [0, 0.1) is 5.92 Å². The number of rotatable bonds is 18. The SMILES string of the molecule is COc1cccc([Si]CCC(CC[Si]c2cccc(OC)c2OC)CC[Si]c2cccc(OC)c2OC)c1OC. The topological polar surface area (TPSA) is 55.4 Å². The van der Waals surface area contributed by atoms with E-state index in [-0.39, 0.29) is 0 Å². The van der Waals surface area contributed by atoms with Crippen LogP contribution in [0.25, 0.3) is 0 Å². The van der Waals surface area contributed by atoms with Crippen molar-refractivity contribution in [3.63, 3.8) is 0 Å². The van der Waals surface area contributed by atoms with Gasteiger partial charge in [0.1, 0.15) is 0 Å². The van der Waals surface area contributed by atoms with Gasteiger partial charge in [0.25, 0.3) is 0 Å². The summed E-state index contributed by atoms with van der Waals surface area (Å²) in [4.78, 5) is 0. The molecule has 0 aliphatic heterocycles. The molecule has 6 nitrogen and oxygen atoms in total. The zero-order chi connectivity index (χ0) is 28.7. The first kappa shape index (κ1) is 31.6. The van der Waals surface area contributed by atoms with Gasteiger partial charge in [-0.2, -0.15) is 0 Å². The van der Waals surface area contributed by atoms with E-state index in [0.29, 0.717) is 34.5 Å². The first-order valence-electron chi connectivity index (χ1n) is 13.4. The van der Waals surface area contributed by atoms with Crippen molar-refractivity contribution >= 4 is 44.1 Å². The largest absolute Gasteiger partial charge is 0.493 e. The van der Waals surface area contributed by atoms with Crippen LogP contribution in [0.2, 0.25) is 18.1 Å². The van der Waals surface area contributed by atoms with E-state index in [1.54, 1.807) is 42.7 Å². The minimum atomic E-state index is 0.636. The average molecular weight is 593 g/mol. The Morgan fingerprint density at radius 2 is 0.750 bits per heavy atom. The molecule has 0 atom stereocenters. The summed E-state index contributed by atoms with van der Waals surface area (Å²) in [6.07, 6.45) is 3.54. The number of hydrogen-bond acceptors (Lipinski definition) is 6. The highest BCUT2D eigenvalue weighted by molar-refractivity contribution is 6.55. The number of ether oxygens (including phenoxy) is 6. The lowest BCUT2D eigenvalue weighted by atomic mass is 10.0. The van der Waals surface area contributed by atoms with Gasteiger partial charge in [-0.25, -0.2) is 0 Å². The second kappa shape index (κ2) is 17.0. The Bertz CT molecular complexity index is 1040. The molecule has 0 unspecified atom stereocenters. The van der Waals surface area contributed by atoms with Crippen molar-refractivity contribution in [1.29, 1.82) is 0 Å². The van der Waals surface area contributed by atoms with Crippen LogP contribution in [0.4, 0.5) is 0 Å². The molecule has 0 aromatic heterocycles. The molecule has 0 saturated heterocycles. The van der Waals surface area contributed by atoms with Crippen LogP contribution in [0.15, 0.2) is 54.6 Å². The van der Waals surface area contributed by atoms with Crippen LogP contribution in [0.1, 0.15) is 19.3 Å². The Balaban J connectivity index is 1.65. The lowest BCUT2D eigenvalue weighted by molar-refractivity contribution is 0.357. The minimum Gasteiger partial charge on any atom is -0.493 e. The molecule has 0 bridgehead atoms. The van der Waals surface area contributed by atoms with Gasteiger partial charge in [-0.1, -0.05) is 73.8 Å². The highest BCUT2D eigenvalue weighted by Crippen LogP contribution is 2.27. The molecular weight excluding hydrogens is 553 g/mol. The molecule has 0 saturated carbocycles. The second-order valence-electron chi connectivity index (χ2n) is 9.14. The first-order valence-corrected chi connectivity index (χ1v) is 17.1. The molecule has 0 N–H and O–H groups in total. The Morgan fingerprint density at radius 3 is 1.00 bits per heavy atom. The van der Waals surface area contributed by atoms with E-state index in [2.05, 4.69) is 18.2 Å². The maximum atomic E-state index is 5.67. The molecule has 0 amide bonds. The molecule has 0 fully saturated rings. The quantitative estimate of drug-likeness (QED) is 0.207. The van der Waals surface area contributed by atoms with Crippen molar-refractivity contribution in [2.75, 3.05) is 42.7 Å². The molecule has 9 heteroatoms. The van der Waals surface area contributed by atoms with E-state index in [0.717, 1.165) is 52.6 Å². The molecular formula is C31H40O6Si3. The molecule has 0 heterocycles. The molecule has 212 valence electrons. The molecule has 6 radical (unpaired) electrons. The smallest absolute Gasteiger partial charge is 0.160 e. The lowest BCUT2D eigenvalue weighted by Crippen LogP contribution is -2.21. The van der Waals surface area contributed by atoms with Crippen LogP contribution in [0.5, 0.6) is 34.5 Å². The standard InChI is InChI=1S/C31H40O6Si3/c1-32-23-10-7-13-26(29(23)35-4)38-19-16-22(17-20-39-27-14-8-11-24(33-2)30(27)36-5)18-21-40-28-15-9-12-25(34-3)31(28)37-6/h7-15,22H,16-21H2,1-6H3. The Labute approximate surface area is 247 Å². The molecule has 0 aliphatic rings. The number of hydrogen-bond donors (Lipinski definition) is 0. The third-order valence-corrected chi connectivity index (χ3v) is 10.8. The number of benzene rings is 3. The first-order chi connectivity index (χ1) is 19.6. The van der Waals surface area contributed by atoms with Crippen molar-refractivity contribution in [1.82, 2.24) is 0 Å². The molecule has 0 spiro atoms. The molecule has 40 heavy (non-hydrogen) atoms. The summed E-state index contributed by atoms with van der Waals surface area (Å²) in [5, 5.41) is 3.68. The monoisotopic (exact) mass is 592 g/mol. The summed E-state index contributed by atoms with van der Waals surface area (Å²) in [7, 11) is 12.3. The van der Waals surface area contributed by atoms with E-state index < -0.39 is 0 Å². The van der Waals surface area contributed by atoms with E-state index in [9.17, 15) is 0 Å². The summed E-state index contributed by atoms with van der Waals surface area (Å²) in [5.74, 6) is 5.61. The average Bonchev–Trinajstić information content (AvgIpc) is 2.99. The highest BCUT2D eigenvalue weighted by Gasteiger charge is 2.16. The van der Waals surface area contributed by atoms with Gasteiger partial charge in [0.05, 0.1) is 71.2 Å². The van der Waals surface area contributed by atoms with Gasteiger partial charge in [0, 0.05) is 0 Å². The number of methoxy groups -OCH3 is 6. The summed E-state index contributed by atoms with van der Waals surface area (Å²) in [6, 6.07) is 21.9. The fraction of sp³-hybridized carbons (Fsp3) is 0.419. The second-order valence-corrected chi connectivity index (χ2v) is 13.3. The third kappa shape index (κ3) is 8.55. The van der Waals surface area contributed by atoms with Crippen LogP contribution < -0.4 is 44.0 Å². The summed E-state index contributed by atoms with van der Waals surface area (Å²) < 4.78 is 33.5.